The Balaban J connectivity index is 1.75. The average Bonchev–Trinajstić information content (AvgIpc) is 3.15. The maximum Gasteiger partial charge on any atom is 0.330 e. The number of aliphatic hydroxyl groups is 1. The number of aliphatic hydroxyl groups excluding tert-OH is 1. The quantitative estimate of drug-likeness (QED) is 0.717. The summed E-state index contributed by atoms with van der Waals surface area (Å²) in [5, 5.41) is 9.59. The molecule has 2 fully saturated rings. The van der Waals surface area contributed by atoms with Crippen LogP contribution in [0, 0.1) is 0 Å². The number of hydrogen-bond donors (Lipinski definition) is 2. The van der Waals surface area contributed by atoms with Gasteiger partial charge in [-0.1, -0.05) is 30.3 Å². The topological polar surface area (TPSA) is 120 Å². The Bertz CT molecular complexity index is 1010. The van der Waals surface area contributed by atoms with E-state index in [1.54, 1.807) is 44.2 Å². The molecule has 28 heavy (non-hydrogen) atoms. The molecule has 3 heterocycles. The average molecular weight is 388 g/mol. The highest BCUT2D eigenvalue weighted by Crippen LogP contribution is 2.42. The van der Waals surface area contributed by atoms with Crippen LogP contribution in [0.4, 0.5) is 0 Å². The number of ether oxygens (including phenoxy) is 3. The second-order valence-electron chi connectivity index (χ2n) is 7.22. The first-order valence-corrected chi connectivity index (χ1v) is 8.88. The molecule has 0 bridgehead atoms. The fourth-order valence-electron chi connectivity index (χ4n) is 3.61. The van der Waals surface area contributed by atoms with E-state index in [4.69, 9.17) is 14.2 Å². The van der Waals surface area contributed by atoms with Crippen molar-refractivity contribution in [1.29, 1.82) is 0 Å². The third kappa shape index (κ3) is 3.12. The summed E-state index contributed by atoms with van der Waals surface area (Å²) in [4.78, 5) is 39.6. The Hall–Kier alpha value is -2.59. The summed E-state index contributed by atoms with van der Waals surface area (Å²) < 4.78 is 18.5. The monoisotopic (exact) mass is 388 g/mol. The summed E-state index contributed by atoms with van der Waals surface area (Å²) in [6, 6.07) is 8.28. The van der Waals surface area contributed by atoms with Gasteiger partial charge in [-0.2, -0.15) is 0 Å². The molecule has 9 heteroatoms. The van der Waals surface area contributed by atoms with E-state index < -0.39 is 47.4 Å². The number of carbonyl (C=O) groups is 1. The highest BCUT2D eigenvalue weighted by atomic mass is 16.8. The standard InChI is InChI=1S/C19H20N2O7/c1-19(2)27-14-12(9-22)26-17(15(14)28-19)21-8-11(16(24)20-18(21)25)13(23)10-6-4-3-5-7-10/h3-8,12,14-15,17,22H,9H2,1-2H3,(H,20,24,25). The zero-order chi connectivity index (χ0) is 20.1. The van der Waals surface area contributed by atoms with E-state index >= 15 is 0 Å². The van der Waals surface area contributed by atoms with Gasteiger partial charge in [0.15, 0.2) is 17.8 Å². The first-order valence-electron chi connectivity index (χ1n) is 8.88. The summed E-state index contributed by atoms with van der Waals surface area (Å²) in [7, 11) is 0. The van der Waals surface area contributed by atoms with Crippen LogP contribution in [0.25, 0.3) is 0 Å². The number of hydrogen-bond acceptors (Lipinski definition) is 7. The summed E-state index contributed by atoms with van der Waals surface area (Å²) >= 11 is 0. The molecule has 4 rings (SSSR count). The predicted octanol–water partition coefficient (Wildman–Crippen LogP) is 0.177. The van der Waals surface area contributed by atoms with Crippen molar-refractivity contribution in [2.75, 3.05) is 6.61 Å². The molecule has 1 aromatic carbocycles. The van der Waals surface area contributed by atoms with Gasteiger partial charge < -0.3 is 19.3 Å². The number of benzene rings is 1. The summed E-state index contributed by atoms with van der Waals surface area (Å²) in [6.07, 6.45) is -1.76. The van der Waals surface area contributed by atoms with Crippen molar-refractivity contribution >= 4 is 5.78 Å². The molecule has 4 atom stereocenters. The number of ketones is 1. The van der Waals surface area contributed by atoms with E-state index in [0.29, 0.717) is 5.56 Å². The molecule has 1 aromatic heterocycles. The maximum atomic E-state index is 12.7. The van der Waals surface area contributed by atoms with Crippen molar-refractivity contribution in [1.82, 2.24) is 9.55 Å². The minimum Gasteiger partial charge on any atom is -0.394 e. The largest absolute Gasteiger partial charge is 0.394 e. The van der Waals surface area contributed by atoms with Crippen LogP contribution in [-0.4, -0.2) is 51.1 Å². The zero-order valence-corrected chi connectivity index (χ0v) is 15.3. The second-order valence-corrected chi connectivity index (χ2v) is 7.22. The number of nitrogens with one attached hydrogen (secondary N) is 1. The van der Waals surface area contributed by atoms with Gasteiger partial charge in [-0.15, -0.1) is 0 Å². The predicted molar refractivity (Wildman–Crippen MR) is 96.0 cm³/mol. The Labute approximate surface area is 159 Å². The molecule has 0 amide bonds. The van der Waals surface area contributed by atoms with Gasteiger partial charge in [-0.25, -0.2) is 4.79 Å². The third-order valence-corrected chi connectivity index (χ3v) is 4.83. The molecule has 2 aromatic rings. The molecule has 0 saturated carbocycles. The van der Waals surface area contributed by atoms with E-state index in [2.05, 4.69) is 4.98 Å². The number of H-pyrrole nitrogens is 1. The van der Waals surface area contributed by atoms with Crippen molar-refractivity contribution in [2.24, 2.45) is 0 Å². The van der Waals surface area contributed by atoms with Gasteiger partial charge in [-0.05, 0) is 13.8 Å². The van der Waals surface area contributed by atoms with Gasteiger partial charge in [0.05, 0.1) is 6.61 Å². The van der Waals surface area contributed by atoms with Crippen molar-refractivity contribution < 1.29 is 24.1 Å². The lowest BCUT2D eigenvalue weighted by Gasteiger charge is -2.24. The molecule has 0 radical (unpaired) electrons. The van der Waals surface area contributed by atoms with E-state index in [-0.39, 0.29) is 12.2 Å². The highest BCUT2D eigenvalue weighted by Gasteiger charge is 2.56. The van der Waals surface area contributed by atoms with Crippen molar-refractivity contribution in [3.05, 3.63) is 68.5 Å². The minimum atomic E-state index is -0.962. The van der Waals surface area contributed by atoms with Gasteiger partial charge in [0.25, 0.3) is 5.56 Å². The lowest BCUT2D eigenvalue weighted by molar-refractivity contribution is -0.200. The van der Waals surface area contributed by atoms with Crippen LogP contribution in [-0.2, 0) is 14.2 Å². The number of aromatic amines is 1. The van der Waals surface area contributed by atoms with E-state index in [1.807, 2.05) is 0 Å². The smallest absolute Gasteiger partial charge is 0.330 e. The second kappa shape index (κ2) is 6.78. The van der Waals surface area contributed by atoms with E-state index in [0.717, 1.165) is 4.57 Å². The van der Waals surface area contributed by atoms with Crippen LogP contribution in [0.15, 0.2) is 46.1 Å². The molecule has 9 nitrogen and oxygen atoms in total. The molecule has 4 unspecified atom stereocenters. The van der Waals surface area contributed by atoms with Crippen molar-refractivity contribution in [2.45, 2.75) is 44.2 Å². The summed E-state index contributed by atoms with van der Waals surface area (Å²) in [6.45, 7) is 3.11. The number of nitrogens with zero attached hydrogens (tertiary/aromatic N) is 1. The van der Waals surface area contributed by atoms with Gasteiger partial charge in [-0.3, -0.25) is 19.1 Å². The third-order valence-electron chi connectivity index (χ3n) is 4.83. The molecule has 148 valence electrons. The van der Waals surface area contributed by atoms with Crippen LogP contribution >= 0.6 is 0 Å². The van der Waals surface area contributed by atoms with Gasteiger partial charge >= 0.3 is 5.69 Å². The Morgan fingerprint density at radius 2 is 1.86 bits per heavy atom. The minimum absolute atomic E-state index is 0.198. The van der Waals surface area contributed by atoms with Gasteiger partial charge in [0.2, 0.25) is 0 Å². The normalized spacial score (nSPS) is 28.2. The lowest BCUT2D eigenvalue weighted by Crippen LogP contribution is -2.39. The fraction of sp³-hybridized carbons (Fsp3) is 0.421. The molecule has 2 N–H and O–H groups in total. The van der Waals surface area contributed by atoms with E-state index in [9.17, 15) is 19.5 Å². The Morgan fingerprint density at radius 3 is 2.54 bits per heavy atom. The summed E-state index contributed by atoms with van der Waals surface area (Å²) in [5.74, 6) is -1.44. The van der Waals surface area contributed by atoms with Crippen molar-refractivity contribution in [3.8, 4) is 0 Å². The Kier molecular flexibility index (Phi) is 4.54. The first-order chi connectivity index (χ1) is 13.3. The summed E-state index contributed by atoms with van der Waals surface area (Å²) in [5.41, 5.74) is -1.41. The number of carbonyl (C=O) groups excluding carboxylic acids is 1. The molecule has 0 aliphatic carbocycles. The lowest BCUT2D eigenvalue weighted by atomic mass is 10.1. The van der Waals surface area contributed by atoms with Gasteiger partial charge in [0, 0.05) is 11.8 Å². The maximum absolute atomic E-state index is 12.7. The van der Waals surface area contributed by atoms with E-state index in [1.165, 1.54) is 6.20 Å². The number of fused-ring (bicyclic) bond motifs is 1. The highest BCUT2D eigenvalue weighted by molar-refractivity contribution is 6.08. The fourth-order valence-corrected chi connectivity index (χ4v) is 3.61. The Morgan fingerprint density at radius 1 is 1.18 bits per heavy atom. The van der Waals surface area contributed by atoms with Gasteiger partial charge in [0.1, 0.15) is 23.9 Å². The zero-order valence-electron chi connectivity index (χ0n) is 15.3. The van der Waals surface area contributed by atoms with Crippen LogP contribution in [0.1, 0.15) is 36.0 Å². The molecular weight excluding hydrogens is 368 g/mol. The van der Waals surface area contributed by atoms with Crippen LogP contribution in [0.2, 0.25) is 0 Å². The molecule has 2 saturated heterocycles. The van der Waals surface area contributed by atoms with Crippen LogP contribution in [0.5, 0.6) is 0 Å². The molecule has 2 aliphatic rings. The molecular formula is C19H20N2O7. The number of aromatic nitrogens is 2. The molecule has 2 aliphatic heterocycles. The van der Waals surface area contributed by atoms with Crippen LogP contribution in [0.3, 0.4) is 0 Å². The first kappa shape index (κ1) is 18.8. The molecule has 0 spiro atoms. The SMILES string of the molecule is CC1(C)OC2C(CO)OC(n3cc(C(=O)c4ccccc4)c(=O)[nH]c3=O)C2O1. The van der Waals surface area contributed by atoms with Crippen molar-refractivity contribution in [3.63, 3.8) is 0 Å². The number of rotatable bonds is 4. The van der Waals surface area contributed by atoms with Crippen LogP contribution < -0.4 is 11.2 Å².